The fourth-order valence-corrected chi connectivity index (χ4v) is 8.65. The zero-order chi connectivity index (χ0) is 21.1. The lowest BCUT2D eigenvalue weighted by molar-refractivity contribution is 0.185. The third kappa shape index (κ3) is 4.91. The normalized spacial score (nSPS) is 22.7. The lowest BCUT2D eigenvalue weighted by Gasteiger charge is -2.30. The summed E-state index contributed by atoms with van der Waals surface area (Å²) in [5.74, 6) is 0.218. The van der Waals surface area contributed by atoms with Crippen LogP contribution in [0.1, 0.15) is 25.6 Å². The van der Waals surface area contributed by atoms with Gasteiger partial charge in [0.15, 0.2) is 19.7 Å². The Bertz CT molecular complexity index is 985. The first-order valence-electron chi connectivity index (χ1n) is 9.78. The zero-order valence-corrected chi connectivity index (χ0v) is 18.3. The molecule has 0 bridgehead atoms. The van der Waals surface area contributed by atoms with Gasteiger partial charge in [0, 0.05) is 12.6 Å². The summed E-state index contributed by atoms with van der Waals surface area (Å²) >= 11 is 0. The number of nitrogens with zero attached hydrogens (tertiary/aromatic N) is 1. The molecule has 0 amide bonds. The molecule has 9 heteroatoms. The van der Waals surface area contributed by atoms with Crippen LogP contribution in [0.4, 0.5) is 0 Å². The number of benzene rings is 1. The van der Waals surface area contributed by atoms with E-state index < -0.39 is 31.0 Å². The molecule has 1 aromatic carbocycles. The molecule has 1 aliphatic rings. The van der Waals surface area contributed by atoms with E-state index in [4.69, 9.17) is 4.42 Å². The van der Waals surface area contributed by atoms with Crippen molar-refractivity contribution < 1.29 is 21.3 Å². The first kappa shape index (κ1) is 22.0. The Balaban J connectivity index is 1.84. The lowest BCUT2D eigenvalue weighted by Crippen LogP contribution is -2.47. The standard InChI is InChI=1S/C20H28N2O5S2/c1-3-22(4-2)18(19-11-8-12-27-19)13-21-17-14-28(23,24)15-20(17)29(25,26)16-9-6-5-7-10-16/h5-12,17-18,20-21H,3-4,13-15H2,1-2H3/t17-,18?,20-/m0/s1. The molecule has 1 fully saturated rings. The van der Waals surface area contributed by atoms with Gasteiger partial charge in [-0.1, -0.05) is 32.0 Å². The van der Waals surface area contributed by atoms with Crippen molar-refractivity contribution in [1.82, 2.24) is 10.2 Å². The fourth-order valence-electron chi connectivity index (χ4n) is 3.91. The molecule has 1 aliphatic heterocycles. The molecule has 0 radical (unpaired) electrons. The molecule has 2 heterocycles. The Labute approximate surface area is 172 Å². The van der Waals surface area contributed by atoms with Crippen LogP contribution in [-0.4, -0.2) is 64.2 Å². The Morgan fingerprint density at radius 3 is 2.38 bits per heavy atom. The summed E-state index contributed by atoms with van der Waals surface area (Å²) in [7, 11) is -7.22. The highest BCUT2D eigenvalue weighted by Gasteiger charge is 2.46. The van der Waals surface area contributed by atoms with E-state index in [1.807, 2.05) is 26.0 Å². The number of hydrogen-bond donors (Lipinski definition) is 1. The molecule has 1 saturated heterocycles. The van der Waals surface area contributed by atoms with E-state index in [9.17, 15) is 16.8 Å². The van der Waals surface area contributed by atoms with Gasteiger partial charge in [-0.25, -0.2) is 16.8 Å². The van der Waals surface area contributed by atoms with Crippen molar-refractivity contribution in [3.8, 4) is 0 Å². The Morgan fingerprint density at radius 1 is 1.10 bits per heavy atom. The molecule has 1 aromatic heterocycles. The molecule has 160 valence electrons. The summed E-state index contributed by atoms with van der Waals surface area (Å²) in [5.41, 5.74) is 0. The first-order valence-corrected chi connectivity index (χ1v) is 13.2. The summed E-state index contributed by atoms with van der Waals surface area (Å²) in [5, 5.41) is 2.23. The molecule has 1 N–H and O–H groups in total. The van der Waals surface area contributed by atoms with Crippen LogP contribution in [0.3, 0.4) is 0 Å². The molecule has 1 unspecified atom stereocenters. The molecule has 7 nitrogen and oxygen atoms in total. The average Bonchev–Trinajstić information content (AvgIpc) is 3.33. The first-order chi connectivity index (χ1) is 13.8. The third-order valence-electron chi connectivity index (χ3n) is 5.47. The number of nitrogens with one attached hydrogen (secondary N) is 1. The van der Waals surface area contributed by atoms with E-state index in [-0.39, 0.29) is 22.4 Å². The van der Waals surface area contributed by atoms with Gasteiger partial charge >= 0.3 is 0 Å². The third-order valence-corrected chi connectivity index (χ3v) is 9.64. The maximum atomic E-state index is 13.1. The van der Waals surface area contributed by atoms with Gasteiger partial charge in [0.25, 0.3) is 0 Å². The molecular weight excluding hydrogens is 412 g/mol. The van der Waals surface area contributed by atoms with E-state index in [0.717, 1.165) is 18.8 Å². The summed E-state index contributed by atoms with van der Waals surface area (Å²) < 4.78 is 56.5. The van der Waals surface area contributed by atoms with Crippen LogP contribution >= 0.6 is 0 Å². The van der Waals surface area contributed by atoms with Crippen LogP contribution in [0, 0.1) is 0 Å². The van der Waals surface area contributed by atoms with Crippen LogP contribution < -0.4 is 5.32 Å². The smallest absolute Gasteiger partial charge is 0.183 e. The van der Waals surface area contributed by atoms with Gasteiger partial charge in [0.05, 0.1) is 34.0 Å². The van der Waals surface area contributed by atoms with Crippen molar-refractivity contribution in [3.05, 3.63) is 54.5 Å². The largest absolute Gasteiger partial charge is 0.468 e. The maximum Gasteiger partial charge on any atom is 0.183 e. The molecule has 0 aliphatic carbocycles. The molecule has 3 rings (SSSR count). The number of hydrogen-bond acceptors (Lipinski definition) is 7. The van der Waals surface area contributed by atoms with Crippen LogP contribution in [0.15, 0.2) is 58.0 Å². The van der Waals surface area contributed by atoms with Gasteiger partial charge in [-0.05, 0) is 37.4 Å². The van der Waals surface area contributed by atoms with Gasteiger partial charge in [0.2, 0.25) is 0 Å². The average molecular weight is 441 g/mol. The van der Waals surface area contributed by atoms with Crippen molar-refractivity contribution in [2.75, 3.05) is 31.1 Å². The predicted molar refractivity (Wildman–Crippen MR) is 112 cm³/mol. The fraction of sp³-hybridized carbons (Fsp3) is 0.500. The summed E-state index contributed by atoms with van der Waals surface area (Å²) in [4.78, 5) is 2.34. The molecule has 0 saturated carbocycles. The molecule has 3 atom stereocenters. The zero-order valence-electron chi connectivity index (χ0n) is 16.7. The molecular formula is C20H28N2O5S2. The quantitative estimate of drug-likeness (QED) is 0.636. The van der Waals surface area contributed by atoms with Gasteiger partial charge in [0.1, 0.15) is 5.76 Å². The number of likely N-dealkylation sites (N-methyl/N-ethyl adjacent to an activating group) is 1. The topological polar surface area (TPSA) is 96.7 Å². The minimum atomic E-state index is -3.77. The van der Waals surface area contributed by atoms with Gasteiger partial charge in [-0.3, -0.25) is 4.90 Å². The van der Waals surface area contributed by atoms with Gasteiger partial charge in [-0.15, -0.1) is 0 Å². The van der Waals surface area contributed by atoms with Crippen molar-refractivity contribution in [2.45, 2.75) is 36.1 Å². The van der Waals surface area contributed by atoms with Crippen LogP contribution in [0.5, 0.6) is 0 Å². The van der Waals surface area contributed by atoms with Gasteiger partial charge < -0.3 is 9.73 Å². The minimum absolute atomic E-state index is 0.108. The van der Waals surface area contributed by atoms with E-state index in [1.165, 1.54) is 12.1 Å². The molecule has 29 heavy (non-hydrogen) atoms. The van der Waals surface area contributed by atoms with E-state index in [1.54, 1.807) is 24.5 Å². The Kier molecular flexibility index (Phi) is 6.83. The highest BCUT2D eigenvalue weighted by molar-refractivity contribution is 7.96. The SMILES string of the molecule is CCN(CC)C(CN[C@H]1CS(=O)(=O)C[C@@H]1S(=O)(=O)c1ccccc1)c1ccco1. The van der Waals surface area contributed by atoms with E-state index in [2.05, 4.69) is 10.2 Å². The molecule has 2 aromatic rings. The monoisotopic (exact) mass is 440 g/mol. The highest BCUT2D eigenvalue weighted by atomic mass is 32.2. The number of furan rings is 1. The van der Waals surface area contributed by atoms with Crippen LogP contribution in [0.2, 0.25) is 0 Å². The van der Waals surface area contributed by atoms with Crippen molar-refractivity contribution in [3.63, 3.8) is 0 Å². The van der Waals surface area contributed by atoms with Crippen LogP contribution in [-0.2, 0) is 19.7 Å². The second-order valence-corrected chi connectivity index (χ2v) is 11.6. The maximum absolute atomic E-state index is 13.1. The predicted octanol–water partition coefficient (Wildman–Crippen LogP) is 1.89. The number of sulfone groups is 2. The second kappa shape index (κ2) is 8.99. The van der Waals surface area contributed by atoms with E-state index in [0.29, 0.717) is 6.54 Å². The van der Waals surface area contributed by atoms with Crippen molar-refractivity contribution in [1.29, 1.82) is 0 Å². The van der Waals surface area contributed by atoms with Crippen molar-refractivity contribution in [2.24, 2.45) is 0 Å². The summed E-state index contributed by atoms with van der Waals surface area (Å²) in [6.07, 6.45) is 1.61. The molecule has 0 spiro atoms. The second-order valence-electron chi connectivity index (χ2n) is 7.24. The van der Waals surface area contributed by atoms with Crippen molar-refractivity contribution >= 4 is 19.7 Å². The summed E-state index contributed by atoms with van der Waals surface area (Å²) in [6.45, 7) is 6.07. The lowest BCUT2D eigenvalue weighted by atomic mass is 10.1. The minimum Gasteiger partial charge on any atom is -0.468 e. The van der Waals surface area contributed by atoms with Crippen LogP contribution in [0.25, 0.3) is 0 Å². The van der Waals surface area contributed by atoms with Gasteiger partial charge in [-0.2, -0.15) is 0 Å². The van der Waals surface area contributed by atoms with E-state index >= 15 is 0 Å². The highest BCUT2D eigenvalue weighted by Crippen LogP contribution is 2.27. The summed E-state index contributed by atoms with van der Waals surface area (Å²) in [6, 6.07) is 11.0. The Morgan fingerprint density at radius 2 is 1.79 bits per heavy atom. The Hall–Kier alpha value is -1.68. The number of rotatable bonds is 9.